The Morgan fingerprint density at radius 2 is 2.25 bits per heavy atom. The summed E-state index contributed by atoms with van der Waals surface area (Å²) in [5, 5.41) is 3.06. The maximum atomic E-state index is 11.8. The molecule has 1 saturated carbocycles. The van der Waals surface area contributed by atoms with Gasteiger partial charge in [-0.2, -0.15) is 0 Å². The molecule has 1 saturated heterocycles. The van der Waals surface area contributed by atoms with Gasteiger partial charge in [-0.1, -0.05) is 6.42 Å². The van der Waals surface area contributed by atoms with Crippen LogP contribution in [-0.4, -0.2) is 30.7 Å². The zero-order valence-electron chi connectivity index (χ0n) is 9.95. The summed E-state index contributed by atoms with van der Waals surface area (Å²) in [6.07, 6.45) is 5.02. The molecule has 92 valence electrons. The number of rotatable bonds is 3. The van der Waals surface area contributed by atoms with Crippen LogP contribution in [0.1, 0.15) is 39.0 Å². The number of carbonyl (C=O) groups is 1. The molecule has 0 spiro atoms. The van der Waals surface area contributed by atoms with Gasteiger partial charge in [0.05, 0.1) is 12.1 Å². The third kappa shape index (κ3) is 2.74. The van der Waals surface area contributed by atoms with Crippen molar-refractivity contribution in [1.82, 2.24) is 5.32 Å². The fourth-order valence-corrected chi connectivity index (χ4v) is 2.74. The highest BCUT2D eigenvalue weighted by Crippen LogP contribution is 2.26. The van der Waals surface area contributed by atoms with Crippen LogP contribution in [-0.2, 0) is 9.53 Å². The minimum Gasteiger partial charge on any atom is -0.376 e. The lowest BCUT2D eigenvalue weighted by Gasteiger charge is -2.19. The van der Waals surface area contributed by atoms with Crippen molar-refractivity contribution in [3.63, 3.8) is 0 Å². The van der Waals surface area contributed by atoms with Crippen molar-refractivity contribution in [3.8, 4) is 0 Å². The smallest absolute Gasteiger partial charge is 0.220 e. The Bertz CT molecular complexity index is 233. The Morgan fingerprint density at radius 3 is 2.81 bits per heavy atom. The van der Waals surface area contributed by atoms with Gasteiger partial charge in [0.25, 0.3) is 0 Å². The van der Waals surface area contributed by atoms with E-state index in [-0.39, 0.29) is 24.1 Å². The highest BCUT2D eigenvalue weighted by Gasteiger charge is 2.29. The maximum absolute atomic E-state index is 11.8. The molecule has 16 heavy (non-hydrogen) atoms. The van der Waals surface area contributed by atoms with Crippen LogP contribution in [0.3, 0.4) is 0 Å². The average molecular weight is 226 g/mol. The summed E-state index contributed by atoms with van der Waals surface area (Å²) in [4.78, 5) is 11.8. The van der Waals surface area contributed by atoms with Crippen LogP contribution in [0.4, 0.5) is 0 Å². The molecule has 0 bridgehead atoms. The second-order valence-electron chi connectivity index (χ2n) is 5.10. The standard InChI is InChI=1S/C12H22N2O2/c1-8-11(5-6-16-8)14-12(15)7-9-3-2-4-10(9)13/h8-11H,2-7,13H2,1H3,(H,14,15)/t8?,9-,10+,11?/m0/s1. The predicted octanol–water partition coefficient (Wildman–Crippen LogP) is 0.797. The predicted molar refractivity (Wildman–Crippen MR) is 61.9 cm³/mol. The van der Waals surface area contributed by atoms with Gasteiger partial charge >= 0.3 is 0 Å². The van der Waals surface area contributed by atoms with Crippen LogP contribution in [0.25, 0.3) is 0 Å². The normalized spacial score (nSPS) is 38.9. The Labute approximate surface area is 96.9 Å². The molecule has 0 aromatic carbocycles. The van der Waals surface area contributed by atoms with Gasteiger partial charge in [0.15, 0.2) is 0 Å². The summed E-state index contributed by atoms with van der Waals surface area (Å²) in [5.41, 5.74) is 5.96. The fraction of sp³-hybridized carbons (Fsp3) is 0.917. The molecule has 2 aliphatic rings. The van der Waals surface area contributed by atoms with Crippen molar-refractivity contribution >= 4 is 5.91 Å². The molecular weight excluding hydrogens is 204 g/mol. The Balaban J connectivity index is 1.75. The monoisotopic (exact) mass is 226 g/mol. The average Bonchev–Trinajstić information content (AvgIpc) is 2.79. The molecule has 3 N–H and O–H groups in total. The van der Waals surface area contributed by atoms with E-state index in [9.17, 15) is 4.79 Å². The lowest BCUT2D eigenvalue weighted by atomic mass is 9.99. The molecule has 0 aromatic heterocycles. The minimum atomic E-state index is 0.143. The van der Waals surface area contributed by atoms with Gasteiger partial charge < -0.3 is 15.8 Å². The number of amides is 1. The van der Waals surface area contributed by atoms with E-state index in [0.29, 0.717) is 12.3 Å². The molecular formula is C12H22N2O2. The van der Waals surface area contributed by atoms with Gasteiger partial charge in [-0.15, -0.1) is 0 Å². The van der Waals surface area contributed by atoms with E-state index in [4.69, 9.17) is 10.5 Å². The Morgan fingerprint density at radius 1 is 1.44 bits per heavy atom. The lowest BCUT2D eigenvalue weighted by molar-refractivity contribution is -0.123. The molecule has 4 atom stereocenters. The summed E-state index contributed by atoms with van der Waals surface area (Å²) in [5.74, 6) is 0.530. The van der Waals surface area contributed by atoms with Crippen LogP contribution in [0.15, 0.2) is 0 Å². The Kier molecular flexibility index (Phi) is 3.82. The minimum absolute atomic E-state index is 0.143. The van der Waals surface area contributed by atoms with Gasteiger partial charge in [-0.25, -0.2) is 0 Å². The number of nitrogens with one attached hydrogen (secondary N) is 1. The quantitative estimate of drug-likeness (QED) is 0.748. The summed E-state index contributed by atoms with van der Waals surface area (Å²) in [6, 6.07) is 0.424. The van der Waals surface area contributed by atoms with Gasteiger partial charge in [0, 0.05) is 19.1 Å². The number of nitrogens with two attached hydrogens (primary N) is 1. The number of hydrogen-bond donors (Lipinski definition) is 2. The summed E-state index contributed by atoms with van der Waals surface area (Å²) >= 11 is 0. The molecule has 4 heteroatoms. The van der Waals surface area contributed by atoms with Crippen molar-refractivity contribution in [3.05, 3.63) is 0 Å². The third-order valence-corrected chi connectivity index (χ3v) is 3.89. The number of hydrogen-bond acceptors (Lipinski definition) is 3. The van der Waals surface area contributed by atoms with Crippen LogP contribution in [0.2, 0.25) is 0 Å². The summed E-state index contributed by atoms with van der Waals surface area (Å²) < 4.78 is 5.42. The first-order valence-corrected chi connectivity index (χ1v) is 6.33. The van der Waals surface area contributed by atoms with E-state index in [1.165, 1.54) is 6.42 Å². The van der Waals surface area contributed by atoms with Crippen LogP contribution >= 0.6 is 0 Å². The topological polar surface area (TPSA) is 64.3 Å². The molecule has 2 rings (SSSR count). The van der Waals surface area contributed by atoms with E-state index in [1.54, 1.807) is 0 Å². The van der Waals surface area contributed by atoms with Crippen LogP contribution in [0, 0.1) is 5.92 Å². The lowest BCUT2D eigenvalue weighted by Crippen LogP contribution is -2.41. The molecule has 0 radical (unpaired) electrons. The van der Waals surface area contributed by atoms with Crippen molar-refractivity contribution in [2.75, 3.05) is 6.61 Å². The highest BCUT2D eigenvalue weighted by molar-refractivity contribution is 5.76. The second kappa shape index (κ2) is 5.15. The molecule has 2 unspecified atom stereocenters. The van der Waals surface area contributed by atoms with Crippen molar-refractivity contribution < 1.29 is 9.53 Å². The third-order valence-electron chi connectivity index (χ3n) is 3.89. The van der Waals surface area contributed by atoms with Crippen molar-refractivity contribution in [2.24, 2.45) is 11.7 Å². The second-order valence-corrected chi connectivity index (χ2v) is 5.10. The molecule has 0 aromatic rings. The Hall–Kier alpha value is -0.610. The summed E-state index contributed by atoms with van der Waals surface area (Å²) in [6.45, 7) is 2.77. The van der Waals surface area contributed by atoms with Crippen LogP contribution < -0.4 is 11.1 Å². The number of carbonyl (C=O) groups excluding carboxylic acids is 1. The van der Waals surface area contributed by atoms with Crippen molar-refractivity contribution in [1.29, 1.82) is 0 Å². The van der Waals surface area contributed by atoms with Gasteiger partial charge in [-0.05, 0) is 32.1 Å². The molecule has 1 aliphatic carbocycles. The maximum Gasteiger partial charge on any atom is 0.220 e. The molecule has 1 heterocycles. The van der Waals surface area contributed by atoms with E-state index in [2.05, 4.69) is 5.32 Å². The molecule has 2 fully saturated rings. The summed E-state index contributed by atoms with van der Waals surface area (Å²) in [7, 11) is 0. The fourth-order valence-electron chi connectivity index (χ4n) is 2.74. The first-order valence-electron chi connectivity index (χ1n) is 6.33. The zero-order chi connectivity index (χ0) is 11.5. The van der Waals surface area contributed by atoms with E-state index in [1.807, 2.05) is 6.92 Å². The van der Waals surface area contributed by atoms with E-state index in [0.717, 1.165) is 25.9 Å². The molecule has 4 nitrogen and oxygen atoms in total. The first-order chi connectivity index (χ1) is 7.66. The van der Waals surface area contributed by atoms with Gasteiger partial charge in [-0.3, -0.25) is 4.79 Å². The van der Waals surface area contributed by atoms with Gasteiger partial charge in [0.1, 0.15) is 0 Å². The van der Waals surface area contributed by atoms with E-state index >= 15 is 0 Å². The molecule has 1 amide bonds. The van der Waals surface area contributed by atoms with Gasteiger partial charge in [0.2, 0.25) is 5.91 Å². The highest BCUT2D eigenvalue weighted by atomic mass is 16.5. The number of ether oxygens (including phenoxy) is 1. The zero-order valence-corrected chi connectivity index (χ0v) is 9.95. The first kappa shape index (κ1) is 11.9. The SMILES string of the molecule is CC1OCCC1NC(=O)C[C@@H]1CCC[C@H]1N. The van der Waals surface area contributed by atoms with E-state index < -0.39 is 0 Å². The largest absolute Gasteiger partial charge is 0.376 e. The van der Waals surface area contributed by atoms with Crippen molar-refractivity contribution in [2.45, 2.75) is 57.2 Å². The molecule has 1 aliphatic heterocycles. The van der Waals surface area contributed by atoms with Crippen LogP contribution in [0.5, 0.6) is 0 Å².